The number of hydrogen-bond donors (Lipinski definition) is 1. The van der Waals surface area contributed by atoms with Gasteiger partial charge in [-0.1, -0.05) is 52.5 Å². The Morgan fingerprint density at radius 2 is 1.50 bits per heavy atom. The average molecular weight is 725 g/mol. The Labute approximate surface area is 271 Å². The first-order chi connectivity index (χ1) is 19.4. The smallest absolute Gasteiger partial charge is 0.326 e. The van der Waals surface area contributed by atoms with Gasteiger partial charge in [0.25, 0.3) is 0 Å². The second-order valence-electron chi connectivity index (χ2n) is 9.31. The standard InChI is InChI=1S/C27H14Cl7F4NO3/c28-15-3-2-12(39-25(42)22-21(26(22,32)33)11-5-16(29)23(31)17(30)6-11)8-13(15)19(40)7-10-1-4-18(35)14(24(10)36)9-20(41)27(34,37)38/h1-6,8,21-22H,7,9H2,(H,39,42)/t21-,22+/m0/s1. The topological polar surface area (TPSA) is 63.2 Å². The molecular formula is C27H14Cl7F4NO3. The summed E-state index contributed by atoms with van der Waals surface area (Å²) in [6.45, 7) is 0. The summed E-state index contributed by atoms with van der Waals surface area (Å²) in [6.07, 6.45) is -2.02. The van der Waals surface area contributed by atoms with Crippen molar-refractivity contribution in [1.82, 2.24) is 0 Å². The van der Waals surface area contributed by atoms with Crippen LogP contribution in [0.2, 0.25) is 20.1 Å². The lowest BCUT2D eigenvalue weighted by molar-refractivity contribution is -0.132. The zero-order chi connectivity index (χ0) is 31.3. The number of benzene rings is 3. The van der Waals surface area contributed by atoms with Gasteiger partial charge in [-0.25, -0.2) is 8.78 Å². The van der Waals surface area contributed by atoms with Gasteiger partial charge in [0.15, 0.2) is 5.78 Å². The summed E-state index contributed by atoms with van der Waals surface area (Å²) in [5.74, 6) is -7.56. The molecule has 0 aromatic heterocycles. The summed E-state index contributed by atoms with van der Waals surface area (Å²) in [5.41, 5.74) is -0.906. The molecule has 0 radical (unpaired) electrons. The van der Waals surface area contributed by atoms with Gasteiger partial charge in [0.05, 0.1) is 26.0 Å². The maximum atomic E-state index is 15.0. The molecule has 0 unspecified atom stereocenters. The molecule has 0 spiro atoms. The molecule has 2 atom stereocenters. The number of carbonyl (C=O) groups excluding carboxylic acids is 3. The van der Waals surface area contributed by atoms with E-state index >= 15 is 0 Å². The third-order valence-corrected chi connectivity index (χ3v) is 9.18. The predicted molar refractivity (Wildman–Crippen MR) is 156 cm³/mol. The van der Waals surface area contributed by atoms with Gasteiger partial charge in [0.2, 0.25) is 11.7 Å². The van der Waals surface area contributed by atoms with Crippen LogP contribution in [0.3, 0.4) is 0 Å². The molecule has 222 valence electrons. The van der Waals surface area contributed by atoms with Crippen molar-refractivity contribution in [3.05, 3.63) is 96.4 Å². The number of carbonyl (C=O) groups is 3. The lowest BCUT2D eigenvalue weighted by Crippen LogP contribution is -2.24. The highest BCUT2D eigenvalue weighted by molar-refractivity contribution is 6.54. The largest absolute Gasteiger partial charge is 0.380 e. The zero-order valence-electron chi connectivity index (χ0n) is 20.5. The van der Waals surface area contributed by atoms with Crippen LogP contribution in [0.4, 0.5) is 23.2 Å². The molecule has 0 aliphatic heterocycles. The summed E-state index contributed by atoms with van der Waals surface area (Å²) < 4.78 is 53.7. The number of hydrogen-bond acceptors (Lipinski definition) is 3. The van der Waals surface area contributed by atoms with E-state index in [-0.39, 0.29) is 36.9 Å². The van der Waals surface area contributed by atoms with Crippen LogP contribution >= 0.6 is 81.2 Å². The number of nitrogens with one attached hydrogen (secondary N) is 1. The molecule has 0 saturated heterocycles. The van der Waals surface area contributed by atoms with Gasteiger partial charge in [-0.3, -0.25) is 14.4 Å². The van der Waals surface area contributed by atoms with Crippen molar-refractivity contribution in [3.8, 4) is 0 Å². The molecule has 3 aromatic carbocycles. The third-order valence-electron chi connectivity index (χ3n) is 6.51. The summed E-state index contributed by atoms with van der Waals surface area (Å²) in [6, 6.07) is 8.56. The van der Waals surface area contributed by atoms with Crippen molar-refractivity contribution in [1.29, 1.82) is 0 Å². The third kappa shape index (κ3) is 6.80. The van der Waals surface area contributed by atoms with Crippen LogP contribution in [0.5, 0.6) is 0 Å². The van der Waals surface area contributed by atoms with E-state index in [0.717, 1.165) is 12.1 Å². The Balaban J connectivity index is 1.53. The van der Waals surface area contributed by atoms with Crippen molar-refractivity contribution < 1.29 is 31.9 Å². The summed E-state index contributed by atoms with van der Waals surface area (Å²) in [4.78, 5) is 37.6. The van der Waals surface area contributed by atoms with Crippen molar-refractivity contribution in [2.75, 3.05) is 5.32 Å². The number of amides is 1. The van der Waals surface area contributed by atoms with E-state index in [1.54, 1.807) is 0 Å². The molecule has 1 N–H and O–H groups in total. The number of anilines is 1. The Morgan fingerprint density at radius 1 is 0.881 bits per heavy atom. The molecule has 4 nitrogen and oxygen atoms in total. The number of Topliss-reactive ketones (excluding diaryl/α,β-unsaturated/α-hetero) is 2. The molecule has 15 heteroatoms. The molecule has 42 heavy (non-hydrogen) atoms. The predicted octanol–water partition coefficient (Wildman–Crippen LogP) is 9.47. The molecule has 1 fully saturated rings. The zero-order valence-corrected chi connectivity index (χ0v) is 25.8. The minimum Gasteiger partial charge on any atom is -0.326 e. The lowest BCUT2D eigenvalue weighted by atomic mass is 9.98. The number of halogens is 11. The van der Waals surface area contributed by atoms with Crippen molar-refractivity contribution in [2.24, 2.45) is 5.92 Å². The molecular weight excluding hydrogens is 710 g/mol. The van der Waals surface area contributed by atoms with Crippen LogP contribution in [0.1, 0.15) is 33.0 Å². The van der Waals surface area contributed by atoms with E-state index in [1.165, 1.54) is 30.3 Å². The fraction of sp³-hybridized carbons (Fsp3) is 0.222. The number of alkyl halides is 5. The summed E-state index contributed by atoms with van der Waals surface area (Å²) >= 11 is 41.7. The van der Waals surface area contributed by atoms with Gasteiger partial charge < -0.3 is 5.32 Å². The number of ketones is 2. The van der Waals surface area contributed by atoms with Crippen molar-refractivity contribution in [3.63, 3.8) is 0 Å². The summed E-state index contributed by atoms with van der Waals surface area (Å²) in [7, 11) is 0. The highest BCUT2D eigenvalue weighted by Gasteiger charge is 2.67. The Hall–Kier alpha value is -1.78. The molecule has 0 heterocycles. The average Bonchev–Trinajstić information content (AvgIpc) is 3.48. The van der Waals surface area contributed by atoms with Gasteiger partial charge in [-0.2, -0.15) is 8.78 Å². The van der Waals surface area contributed by atoms with Crippen LogP contribution in [0.15, 0.2) is 42.5 Å². The first kappa shape index (κ1) is 33.1. The first-order valence-corrected chi connectivity index (χ1v) is 14.3. The second kappa shape index (κ2) is 12.3. The SMILES string of the molecule is O=C(Cc1ccc(F)c(CC(=O)C(F)(F)Cl)c1F)c1cc(NC(=O)[C@H]2[C@H](c3cc(Cl)c(Cl)c(Cl)c3)C2(Cl)Cl)ccc1Cl. The maximum Gasteiger partial charge on any atom is 0.380 e. The van der Waals surface area contributed by atoms with E-state index in [9.17, 15) is 31.9 Å². The Bertz CT molecular complexity index is 1600. The van der Waals surface area contributed by atoms with Gasteiger partial charge >= 0.3 is 5.38 Å². The van der Waals surface area contributed by atoms with Crippen LogP contribution in [-0.2, 0) is 22.4 Å². The highest BCUT2D eigenvalue weighted by atomic mass is 35.5. The second-order valence-corrected chi connectivity index (χ2v) is 12.8. The highest BCUT2D eigenvalue weighted by Crippen LogP contribution is 2.65. The van der Waals surface area contributed by atoms with Crippen LogP contribution in [0.25, 0.3) is 0 Å². The van der Waals surface area contributed by atoms with Gasteiger partial charge in [0, 0.05) is 35.6 Å². The van der Waals surface area contributed by atoms with Crippen molar-refractivity contribution >= 4 is 104 Å². The van der Waals surface area contributed by atoms with E-state index in [1.807, 2.05) is 0 Å². The van der Waals surface area contributed by atoms with E-state index in [0.29, 0.717) is 5.56 Å². The fourth-order valence-electron chi connectivity index (χ4n) is 4.33. The van der Waals surface area contributed by atoms with Gasteiger partial charge in [-0.05, 0) is 59.1 Å². The molecule has 1 saturated carbocycles. The molecule has 1 amide bonds. The monoisotopic (exact) mass is 721 g/mol. The van der Waals surface area contributed by atoms with Crippen LogP contribution in [0, 0.1) is 17.6 Å². The normalized spacial score (nSPS) is 17.6. The molecule has 3 aromatic rings. The molecule has 0 bridgehead atoms. The quantitative estimate of drug-likeness (QED) is 0.104. The van der Waals surface area contributed by atoms with E-state index in [4.69, 9.17) is 69.6 Å². The molecule has 1 aliphatic rings. The lowest BCUT2D eigenvalue weighted by Gasteiger charge is -2.12. The minimum absolute atomic E-state index is 0.0588. The Morgan fingerprint density at radius 3 is 2.10 bits per heavy atom. The summed E-state index contributed by atoms with van der Waals surface area (Å²) in [5, 5.41) is -1.38. The van der Waals surface area contributed by atoms with Crippen molar-refractivity contribution in [2.45, 2.75) is 28.5 Å². The van der Waals surface area contributed by atoms with Crippen LogP contribution < -0.4 is 5.32 Å². The fourth-order valence-corrected chi connectivity index (χ4v) is 6.06. The molecule has 1 aliphatic carbocycles. The van der Waals surface area contributed by atoms with Gasteiger partial charge in [0.1, 0.15) is 16.0 Å². The minimum atomic E-state index is -4.33. The maximum absolute atomic E-state index is 15.0. The first-order valence-electron chi connectivity index (χ1n) is 11.6. The van der Waals surface area contributed by atoms with E-state index < -0.39 is 69.1 Å². The van der Waals surface area contributed by atoms with E-state index in [2.05, 4.69) is 16.9 Å². The number of rotatable bonds is 9. The van der Waals surface area contributed by atoms with Crippen LogP contribution in [-0.4, -0.2) is 27.2 Å². The van der Waals surface area contributed by atoms with Gasteiger partial charge in [-0.15, -0.1) is 23.2 Å². The Kier molecular flexibility index (Phi) is 9.71. The molecule has 4 rings (SSSR count).